The van der Waals surface area contributed by atoms with Gasteiger partial charge in [0.25, 0.3) is 0 Å². The molecular formula is C13H15N3O5. The smallest absolute Gasteiger partial charge is 0.338 e. The second kappa shape index (κ2) is 6.06. The highest BCUT2D eigenvalue weighted by Gasteiger charge is 2.15. The first kappa shape index (κ1) is 13.8. The van der Waals surface area contributed by atoms with Crippen molar-refractivity contribution in [2.75, 3.05) is 39.5 Å². The molecule has 0 bridgehead atoms. The van der Waals surface area contributed by atoms with Gasteiger partial charge >= 0.3 is 5.97 Å². The lowest BCUT2D eigenvalue weighted by atomic mass is 10.2. The fourth-order valence-electron chi connectivity index (χ4n) is 2.17. The van der Waals surface area contributed by atoms with Crippen molar-refractivity contribution in [2.45, 2.75) is 0 Å². The molecular weight excluding hydrogens is 278 g/mol. The van der Waals surface area contributed by atoms with E-state index in [0.29, 0.717) is 37.4 Å². The normalized spacial score (nSPS) is 16.2. The Hall–Kier alpha value is -2.19. The third-order valence-corrected chi connectivity index (χ3v) is 3.37. The fourth-order valence-corrected chi connectivity index (χ4v) is 2.17. The van der Waals surface area contributed by atoms with Gasteiger partial charge in [0.15, 0.2) is 0 Å². The Bertz CT molecular complexity index is 636. The first-order chi connectivity index (χ1) is 10.2. The van der Waals surface area contributed by atoms with Crippen molar-refractivity contribution in [3.8, 4) is 0 Å². The predicted molar refractivity (Wildman–Crippen MR) is 70.5 cm³/mol. The maximum atomic E-state index is 11.9. The Morgan fingerprint density at radius 3 is 3.05 bits per heavy atom. The van der Waals surface area contributed by atoms with E-state index in [4.69, 9.17) is 9.47 Å². The minimum absolute atomic E-state index is 0.206. The minimum Gasteiger partial charge on any atom is -0.461 e. The van der Waals surface area contributed by atoms with Gasteiger partial charge < -0.3 is 14.7 Å². The minimum atomic E-state index is -0.466. The highest BCUT2D eigenvalue weighted by atomic mass is 16.8. The van der Waals surface area contributed by atoms with Crippen molar-refractivity contribution in [3.63, 3.8) is 0 Å². The number of nitrogens with zero attached hydrogens (tertiary/aromatic N) is 3. The van der Waals surface area contributed by atoms with Crippen molar-refractivity contribution >= 4 is 17.0 Å². The summed E-state index contributed by atoms with van der Waals surface area (Å²) in [7, 11) is 0. The molecule has 0 saturated carbocycles. The number of aromatic nitrogens is 2. The molecule has 0 atom stereocenters. The van der Waals surface area contributed by atoms with E-state index >= 15 is 0 Å². The van der Waals surface area contributed by atoms with Crippen LogP contribution in [-0.2, 0) is 9.47 Å². The maximum Gasteiger partial charge on any atom is 0.338 e. The molecule has 3 rings (SSSR count). The molecule has 1 aliphatic heterocycles. The van der Waals surface area contributed by atoms with E-state index < -0.39 is 5.97 Å². The molecule has 1 aromatic carbocycles. The van der Waals surface area contributed by atoms with Crippen LogP contribution in [0, 0.1) is 5.21 Å². The molecule has 8 heteroatoms. The van der Waals surface area contributed by atoms with Crippen LogP contribution in [0.1, 0.15) is 10.4 Å². The molecule has 0 aliphatic carbocycles. The number of rotatable bonds is 4. The summed E-state index contributed by atoms with van der Waals surface area (Å²) in [5.41, 5.74) is 0.907. The van der Waals surface area contributed by atoms with E-state index in [-0.39, 0.29) is 10.4 Å². The van der Waals surface area contributed by atoms with Gasteiger partial charge in [-0.2, -0.15) is 0 Å². The summed E-state index contributed by atoms with van der Waals surface area (Å²) in [6, 6.07) is 4.52. The number of carbonyl (C=O) groups excluding carboxylic acids is 1. The summed E-state index contributed by atoms with van der Waals surface area (Å²) in [6.07, 6.45) is 0. The third-order valence-electron chi connectivity index (χ3n) is 3.37. The third kappa shape index (κ3) is 3.11. The molecule has 0 radical (unpaired) electrons. The molecule has 21 heavy (non-hydrogen) atoms. The number of hydrogen-bond acceptors (Lipinski definition) is 7. The lowest BCUT2D eigenvalue weighted by Crippen LogP contribution is -2.38. The van der Waals surface area contributed by atoms with Crippen molar-refractivity contribution in [1.29, 1.82) is 0 Å². The Balaban J connectivity index is 1.57. The fraction of sp³-hybridized carbons (Fsp3) is 0.462. The van der Waals surface area contributed by atoms with Crippen molar-refractivity contribution in [2.24, 2.45) is 0 Å². The lowest BCUT2D eigenvalue weighted by Gasteiger charge is -2.26. The number of benzene rings is 1. The van der Waals surface area contributed by atoms with Crippen LogP contribution < -0.4 is 4.90 Å². The van der Waals surface area contributed by atoms with E-state index in [2.05, 4.69) is 14.7 Å². The number of ether oxygens (including phenoxy) is 2. The van der Waals surface area contributed by atoms with E-state index in [9.17, 15) is 10.0 Å². The summed E-state index contributed by atoms with van der Waals surface area (Å²) in [5.74, 6) is -0.466. The van der Waals surface area contributed by atoms with Crippen molar-refractivity contribution in [1.82, 2.24) is 10.1 Å². The zero-order valence-electron chi connectivity index (χ0n) is 11.4. The molecule has 1 aliphatic rings. The molecule has 2 heterocycles. The average molecular weight is 293 g/mol. The summed E-state index contributed by atoms with van der Waals surface area (Å²) >= 11 is 0. The van der Waals surface area contributed by atoms with Crippen LogP contribution in [0.2, 0.25) is 0 Å². The second-order valence-corrected chi connectivity index (χ2v) is 4.72. The van der Waals surface area contributed by atoms with E-state index in [1.807, 2.05) is 0 Å². The van der Waals surface area contributed by atoms with E-state index in [1.165, 1.54) is 6.07 Å². The SMILES string of the molecule is O=C(OCCN1CCOCC1)c1ccc2no[n+]([O-])c2c1. The van der Waals surface area contributed by atoms with Gasteiger partial charge in [0, 0.05) is 30.9 Å². The van der Waals surface area contributed by atoms with Gasteiger partial charge in [-0.05, 0) is 17.0 Å². The second-order valence-electron chi connectivity index (χ2n) is 4.72. The van der Waals surface area contributed by atoms with Crippen molar-refractivity contribution in [3.05, 3.63) is 29.0 Å². The van der Waals surface area contributed by atoms with Gasteiger partial charge in [-0.3, -0.25) is 9.53 Å². The maximum absolute atomic E-state index is 11.9. The standard InChI is InChI=1S/C13H15N3O5/c17-13(20-8-5-15-3-6-19-7-4-15)10-1-2-11-12(9-10)16(18)21-14-11/h1-2,9H,3-8H2. The number of hydrogen-bond donors (Lipinski definition) is 0. The van der Waals surface area contributed by atoms with Gasteiger partial charge in [0.05, 0.1) is 18.8 Å². The zero-order chi connectivity index (χ0) is 14.7. The molecule has 8 nitrogen and oxygen atoms in total. The monoisotopic (exact) mass is 293 g/mol. The Kier molecular flexibility index (Phi) is 3.98. The Morgan fingerprint density at radius 1 is 1.43 bits per heavy atom. The summed E-state index contributed by atoms with van der Waals surface area (Å²) in [4.78, 5) is 14.4. The van der Waals surface area contributed by atoms with Gasteiger partial charge in [-0.25, -0.2) is 4.79 Å². The van der Waals surface area contributed by atoms with Crippen LogP contribution >= 0.6 is 0 Å². The molecule has 1 aromatic heterocycles. The Morgan fingerprint density at radius 2 is 2.24 bits per heavy atom. The van der Waals surface area contributed by atoms with Crippen LogP contribution in [0.15, 0.2) is 22.8 Å². The van der Waals surface area contributed by atoms with Crippen LogP contribution in [0.5, 0.6) is 0 Å². The summed E-state index contributed by atoms with van der Waals surface area (Å²) in [6.45, 7) is 4.09. The van der Waals surface area contributed by atoms with Crippen LogP contribution in [0.4, 0.5) is 0 Å². The molecule has 2 aromatic rings. The molecule has 0 unspecified atom stereocenters. The molecule has 1 saturated heterocycles. The molecule has 1 fully saturated rings. The molecule has 112 valence electrons. The van der Waals surface area contributed by atoms with Crippen LogP contribution in [-0.4, -0.2) is 55.5 Å². The van der Waals surface area contributed by atoms with Gasteiger partial charge in [0.1, 0.15) is 6.61 Å². The van der Waals surface area contributed by atoms with Crippen LogP contribution in [0.3, 0.4) is 0 Å². The number of fused-ring (bicyclic) bond motifs is 1. The highest BCUT2D eigenvalue weighted by Crippen LogP contribution is 2.11. The topological polar surface area (TPSA) is 91.7 Å². The average Bonchev–Trinajstić information content (AvgIpc) is 2.89. The predicted octanol–water partition coefficient (Wildman–Crippen LogP) is -0.0498. The number of esters is 1. The zero-order valence-corrected chi connectivity index (χ0v) is 11.4. The number of carbonyl (C=O) groups is 1. The number of morpholine rings is 1. The lowest BCUT2D eigenvalue weighted by molar-refractivity contribution is -0.782. The van der Waals surface area contributed by atoms with Gasteiger partial charge in [-0.15, -0.1) is 0 Å². The van der Waals surface area contributed by atoms with Gasteiger partial charge in [0.2, 0.25) is 11.0 Å². The summed E-state index contributed by atoms with van der Waals surface area (Å²) < 4.78 is 14.9. The molecule has 0 spiro atoms. The first-order valence-corrected chi connectivity index (χ1v) is 6.71. The van der Waals surface area contributed by atoms with Gasteiger partial charge in [-0.1, -0.05) is 0 Å². The quantitative estimate of drug-likeness (QED) is 0.576. The molecule has 0 amide bonds. The summed E-state index contributed by atoms with van der Waals surface area (Å²) in [5, 5.41) is 14.8. The molecule has 0 N–H and O–H groups in total. The van der Waals surface area contributed by atoms with Crippen molar-refractivity contribution < 1.29 is 23.8 Å². The van der Waals surface area contributed by atoms with Crippen LogP contribution in [0.25, 0.3) is 11.0 Å². The highest BCUT2D eigenvalue weighted by molar-refractivity contribution is 5.92. The largest absolute Gasteiger partial charge is 0.461 e. The van der Waals surface area contributed by atoms with E-state index in [0.717, 1.165) is 13.1 Å². The Labute approximate surface area is 120 Å². The van der Waals surface area contributed by atoms with E-state index in [1.54, 1.807) is 12.1 Å². The first-order valence-electron chi connectivity index (χ1n) is 6.71.